The minimum atomic E-state index is -3.09. The van der Waals surface area contributed by atoms with Gasteiger partial charge in [-0.25, -0.2) is 4.39 Å². The molecule has 0 atom stereocenters. The fraction of sp³-hybridized carbons (Fsp3) is 0.538. The van der Waals surface area contributed by atoms with Gasteiger partial charge in [0.1, 0.15) is 0 Å². The molecular formula is C13H19F3N2O3. The Bertz CT molecular complexity index is 433. The van der Waals surface area contributed by atoms with Crippen LogP contribution in [-0.2, 0) is 9.47 Å². The Kier molecular flexibility index (Phi) is 7.70. The molecule has 0 aliphatic rings. The summed E-state index contributed by atoms with van der Waals surface area (Å²) in [4.78, 5) is 0. The molecule has 120 valence electrons. The summed E-state index contributed by atoms with van der Waals surface area (Å²) in [7, 11) is 1.58. The summed E-state index contributed by atoms with van der Waals surface area (Å²) < 4.78 is 51.7. The van der Waals surface area contributed by atoms with Gasteiger partial charge in [-0.1, -0.05) is 0 Å². The average molecular weight is 308 g/mol. The van der Waals surface area contributed by atoms with E-state index in [-0.39, 0.29) is 5.69 Å². The maximum atomic E-state index is 13.4. The van der Waals surface area contributed by atoms with Crippen LogP contribution in [0.4, 0.5) is 24.5 Å². The topological polar surface area (TPSA) is 65.7 Å². The fourth-order valence-corrected chi connectivity index (χ4v) is 1.55. The number of nitrogens with two attached hydrogens (primary N) is 1. The molecule has 0 heterocycles. The smallest absolute Gasteiger partial charge is 0.387 e. The van der Waals surface area contributed by atoms with Crippen LogP contribution in [0.5, 0.6) is 5.75 Å². The number of nitrogens with one attached hydrogen (secondary N) is 1. The van der Waals surface area contributed by atoms with Gasteiger partial charge in [-0.3, -0.25) is 0 Å². The molecule has 0 saturated carbocycles. The lowest BCUT2D eigenvalue weighted by Crippen LogP contribution is -2.10. The first-order valence-corrected chi connectivity index (χ1v) is 6.39. The summed E-state index contributed by atoms with van der Waals surface area (Å²) in [5.41, 5.74) is 6.07. The lowest BCUT2D eigenvalue weighted by atomic mass is 10.2. The molecule has 21 heavy (non-hydrogen) atoms. The summed E-state index contributed by atoms with van der Waals surface area (Å²) in [5, 5.41) is 2.92. The number of hydrogen-bond acceptors (Lipinski definition) is 5. The van der Waals surface area contributed by atoms with Gasteiger partial charge in [-0.05, 0) is 6.42 Å². The zero-order chi connectivity index (χ0) is 15.7. The predicted molar refractivity (Wildman–Crippen MR) is 73.2 cm³/mol. The second kappa shape index (κ2) is 9.30. The van der Waals surface area contributed by atoms with Gasteiger partial charge in [0.15, 0.2) is 11.6 Å². The number of nitrogen functional groups attached to an aromatic ring is 1. The molecule has 0 amide bonds. The van der Waals surface area contributed by atoms with Crippen LogP contribution in [0.15, 0.2) is 12.1 Å². The van der Waals surface area contributed by atoms with E-state index in [0.29, 0.717) is 38.5 Å². The normalized spacial score (nSPS) is 10.9. The lowest BCUT2D eigenvalue weighted by Gasteiger charge is -2.13. The average Bonchev–Trinajstić information content (AvgIpc) is 2.42. The van der Waals surface area contributed by atoms with Crippen molar-refractivity contribution in [3.63, 3.8) is 0 Å². The number of methoxy groups -OCH3 is 1. The first-order valence-electron chi connectivity index (χ1n) is 6.39. The van der Waals surface area contributed by atoms with E-state index in [1.807, 2.05) is 0 Å². The minimum Gasteiger partial charge on any atom is -0.432 e. The van der Waals surface area contributed by atoms with E-state index >= 15 is 0 Å². The third kappa shape index (κ3) is 6.54. The van der Waals surface area contributed by atoms with Crippen molar-refractivity contribution in [3.05, 3.63) is 17.9 Å². The second-order valence-corrected chi connectivity index (χ2v) is 4.13. The molecule has 0 saturated heterocycles. The standard InChI is InChI=1S/C13H19F3N2O3/c1-19-5-6-20-4-2-3-18-11-8-12(21-13(15)16)9(14)7-10(11)17/h7-8,13,18H,2-6,17H2,1H3. The van der Waals surface area contributed by atoms with Gasteiger partial charge in [0.2, 0.25) is 0 Å². The van der Waals surface area contributed by atoms with Gasteiger partial charge in [0.25, 0.3) is 0 Å². The zero-order valence-corrected chi connectivity index (χ0v) is 11.7. The van der Waals surface area contributed by atoms with Gasteiger partial charge in [0, 0.05) is 32.4 Å². The SMILES string of the molecule is COCCOCCCNc1cc(OC(F)F)c(F)cc1N. The summed E-state index contributed by atoms with van der Waals surface area (Å²) >= 11 is 0. The summed E-state index contributed by atoms with van der Waals surface area (Å²) in [6.07, 6.45) is 0.672. The van der Waals surface area contributed by atoms with Crippen molar-refractivity contribution in [2.75, 3.05) is 44.5 Å². The number of benzene rings is 1. The van der Waals surface area contributed by atoms with Crippen molar-refractivity contribution in [1.29, 1.82) is 0 Å². The van der Waals surface area contributed by atoms with Crippen LogP contribution in [0.2, 0.25) is 0 Å². The van der Waals surface area contributed by atoms with Crippen LogP contribution in [0.25, 0.3) is 0 Å². The molecule has 1 aromatic carbocycles. The fourth-order valence-electron chi connectivity index (χ4n) is 1.55. The Balaban J connectivity index is 2.43. The number of ether oxygens (including phenoxy) is 3. The van der Waals surface area contributed by atoms with Crippen LogP contribution < -0.4 is 15.8 Å². The molecule has 3 N–H and O–H groups in total. The van der Waals surface area contributed by atoms with E-state index in [4.69, 9.17) is 15.2 Å². The first kappa shape index (κ1) is 17.4. The van der Waals surface area contributed by atoms with Crippen molar-refractivity contribution < 1.29 is 27.4 Å². The Hall–Kier alpha value is -1.67. The number of anilines is 2. The number of hydrogen-bond donors (Lipinski definition) is 2. The third-order valence-corrected chi connectivity index (χ3v) is 2.53. The van der Waals surface area contributed by atoms with Crippen LogP contribution in [0.1, 0.15) is 6.42 Å². The number of rotatable bonds is 10. The van der Waals surface area contributed by atoms with Crippen molar-refractivity contribution in [2.45, 2.75) is 13.0 Å². The Morgan fingerprint density at radius 2 is 2.00 bits per heavy atom. The van der Waals surface area contributed by atoms with Gasteiger partial charge < -0.3 is 25.3 Å². The molecule has 0 spiro atoms. The largest absolute Gasteiger partial charge is 0.432 e. The van der Waals surface area contributed by atoms with Crippen LogP contribution in [-0.4, -0.2) is 40.1 Å². The highest BCUT2D eigenvalue weighted by atomic mass is 19.3. The molecule has 0 unspecified atom stereocenters. The van der Waals surface area contributed by atoms with Crippen molar-refractivity contribution in [3.8, 4) is 5.75 Å². The van der Waals surface area contributed by atoms with Gasteiger partial charge in [0.05, 0.1) is 24.6 Å². The van der Waals surface area contributed by atoms with Crippen LogP contribution >= 0.6 is 0 Å². The molecule has 1 aromatic rings. The number of alkyl halides is 2. The molecular weight excluding hydrogens is 289 g/mol. The molecule has 1 rings (SSSR count). The molecule has 0 fully saturated rings. The molecule has 0 aromatic heterocycles. The highest BCUT2D eigenvalue weighted by Crippen LogP contribution is 2.29. The Morgan fingerprint density at radius 3 is 2.67 bits per heavy atom. The maximum absolute atomic E-state index is 13.4. The van der Waals surface area contributed by atoms with Crippen LogP contribution in [0.3, 0.4) is 0 Å². The minimum absolute atomic E-state index is 0.120. The molecule has 8 heteroatoms. The van der Waals surface area contributed by atoms with Crippen molar-refractivity contribution in [2.24, 2.45) is 0 Å². The molecule has 0 bridgehead atoms. The van der Waals surface area contributed by atoms with Gasteiger partial charge in [-0.2, -0.15) is 8.78 Å². The van der Waals surface area contributed by atoms with E-state index < -0.39 is 18.2 Å². The van der Waals surface area contributed by atoms with Crippen LogP contribution in [0, 0.1) is 5.82 Å². The maximum Gasteiger partial charge on any atom is 0.387 e. The quantitative estimate of drug-likeness (QED) is 0.513. The van der Waals surface area contributed by atoms with E-state index in [1.54, 1.807) is 7.11 Å². The van der Waals surface area contributed by atoms with E-state index in [0.717, 1.165) is 12.1 Å². The second-order valence-electron chi connectivity index (χ2n) is 4.13. The van der Waals surface area contributed by atoms with Gasteiger partial charge >= 0.3 is 6.61 Å². The van der Waals surface area contributed by atoms with Gasteiger partial charge in [-0.15, -0.1) is 0 Å². The summed E-state index contributed by atoms with van der Waals surface area (Å²) in [6, 6.07) is 2.05. The predicted octanol–water partition coefficient (Wildman–Crippen LogP) is 2.47. The molecule has 0 aliphatic heterocycles. The van der Waals surface area contributed by atoms with Crippen molar-refractivity contribution >= 4 is 11.4 Å². The lowest BCUT2D eigenvalue weighted by molar-refractivity contribution is -0.0521. The van der Waals surface area contributed by atoms with Crippen molar-refractivity contribution in [1.82, 2.24) is 0 Å². The summed E-state index contributed by atoms with van der Waals surface area (Å²) in [6.45, 7) is -1.06. The molecule has 5 nitrogen and oxygen atoms in total. The first-order chi connectivity index (χ1) is 10.0. The van der Waals surface area contributed by atoms with E-state index in [9.17, 15) is 13.2 Å². The number of halogens is 3. The Labute approximate surface area is 121 Å². The third-order valence-electron chi connectivity index (χ3n) is 2.53. The highest BCUT2D eigenvalue weighted by molar-refractivity contribution is 5.68. The highest BCUT2D eigenvalue weighted by Gasteiger charge is 2.13. The monoisotopic (exact) mass is 308 g/mol. The zero-order valence-electron chi connectivity index (χ0n) is 11.7. The Morgan fingerprint density at radius 1 is 1.24 bits per heavy atom. The van der Waals surface area contributed by atoms with E-state index in [2.05, 4.69) is 10.1 Å². The van der Waals surface area contributed by atoms with E-state index in [1.165, 1.54) is 0 Å². The molecule has 0 aliphatic carbocycles. The molecule has 0 radical (unpaired) electrons. The summed E-state index contributed by atoms with van der Waals surface area (Å²) in [5.74, 6) is -1.47.